The molecule has 1 amide bonds. The Morgan fingerprint density at radius 3 is 2.52 bits per heavy atom. The van der Waals surface area contributed by atoms with Gasteiger partial charge in [0, 0.05) is 15.6 Å². The minimum Gasteiger partial charge on any atom is -0.489 e. The van der Waals surface area contributed by atoms with E-state index in [1.807, 2.05) is 48.5 Å². The number of amides is 1. The molecule has 0 saturated heterocycles. The Morgan fingerprint density at radius 1 is 0.963 bits per heavy atom. The first-order chi connectivity index (χ1) is 13.1. The van der Waals surface area contributed by atoms with Gasteiger partial charge in [-0.05, 0) is 53.6 Å². The van der Waals surface area contributed by atoms with E-state index in [2.05, 4.69) is 10.5 Å². The van der Waals surface area contributed by atoms with Gasteiger partial charge in [0.25, 0.3) is 5.91 Å². The molecule has 3 rings (SSSR count). The summed E-state index contributed by atoms with van der Waals surface area (Å²) in [5.41, 5.74) is 4.74. The average molecular weight is 399 g/mol. The van der Waals surface area contributed by atoms with Gasteiger partial charge < -0.3 is 4.74 Å². The molecule has 1 N–H and O–H groups in total. The highest BCUT2D eigenvalue weighted by molar-refractivity contribution is 6.31. The normalized spacial score (nSPS) is 10.7. The van der Waals surface area contributed by atoms with Gasteiger partial charge >= 0.3 is 0 Å². The van der Waals surface area contributed by atoms with Crippen LogP contribution in [0.4, 0.5) is 0 Å². The second kappa shape index (κ2) is 9.21. The molecular weight excluding hydrogens is 383 g/mol. The molecule has 0 heterocycles. The Kier molecular flexibility index (Phi) is 6.47. The lowest BCUT2D eigenvalue weighted by Crippen LogP contribution is -2.17. The van der Waals surface area contributed by atoms with E-state index in [1.54, 1.807) is 30.5 Å². The van der Waals surface area contributed by atoms with Crippen molar-refractivity contribution in [3.63, 3.8) is 0 Å². The van der Waals surface area contributed by atoms with Gasteiger partial charge in [0.1, 0.15) is 12.4 Å². The molecule has 136 valence electrons. The van der Waals surface area contributed by atoms with E-state index in [9.17, 15) is 4.79 Å². The number of carbonyl (C=O) groups is 1. The monoisotopic (exact) mass is 398 g/mol. The Morgan fingerprint density at radius 2 is 1.74 bits per heavy atom. The molecule has 0 atom stereocenters. The molecule has 6 heteroatoms. The van der Waals surface area contributed by atoms with E-state index in [4.69, 9.17) is 27.9 Å². The summed E-state index contributed by atoms with van der Waals surface area (Å²) >= 11 is 11.8. The zero-order valence-corrected chi connectivity index (χ0v) is 15.7. The van der Waals surface area contributed by atoms with Crippen LogP contribution in [0.25, 0.3) is 0 Å². The van der Waals surface area contributed by atoms with Gasteiger partial charge in [-0.25, -0.2) is 5.43 Å². The highest BCUT2D eigenvalue weighted by atomic mass is 35.5. The topological polar surface area (TPSA) is 50.7 Å². The molecule has 0 radical (unpaired) electrons. The van der Waals surface area contributed by atoms with Gasteiger partial charge in [-0.2, -0.15) is 5.10 Å². The average Bonchev–Trinajstić information content (AvgIpc) is 2.68. The molecule has 0 bridgehead atoms. The summed E-state index contributed by atoms with van der Waals surface area (Å²) in [5, 5.41) is 5.17. The highest BCUT2D eigenvalue weighted by Gasteiger charge is 2.04. The summed E-state index contributed by atoms with van der Waals surface area (Å²) in [6, 6.07) is 21.6. The maximum Gasteiger partial charge on any atom is 0.271 e. The predicted octanol–water partition coefficient (Wildman–Crippen LogP) is 5.34. The third-order valence-corrected chi connectivity index (χ3v) is 4.13. The van der Waals surface area contributed by atoms with Crippen LogP contribution in [0.5, 0.6) is 5.75 Å². The molecule has 0 unspecified atom stereocenters. The number of benzene rings is 3. The molecule has 0 aliphatic carbocycles. The van der Waals surface area contributed by atoms with Gasteiger partial charge in [0.2, 0.25) is 0 Å². The summed E-state index contributed by atoms with van der Waals surface area (Å²) in [4.78, 5) is 12.0. The Hall–Kier alpha value is -2.82. The van der Waals surface area contributed by atoms with Crippen molar-refractivity contribution in [1.82, 2.24) is 5.43 Å². The lowest BCUT2D eigenvalue weighted by Gasteiger charge is -2.07. The van der Waals surface area contributed by atoms with Crippen molar-refractivity contribution in [2.45, 2.75) is 6.61 Å². The first-order valence-corrected chi connectivity index (χ1v) is 8.92. The van der Waals surface area contributed by atoms with Crippen LogP contribution in [0.15, 0.2) is 77.9 Å². The van der Waals surface area contributed by atoms with Gasteiger partial charge in [-0.3, -0.25) is 4.79 Å². The Balaban J connectivity index is 1.57. The fourth-order valence-electron chi connectivity index (χ4n) is 2.29. The number of carbonyl (C=O) groups excluding carboxylic acids is 1. The number of ether oxygens (including phenoxy) is 1. The van der Waals surface area contributed by atoms with Crippen LogP contribution in [-0.4, -0.2) is 12.1 Å². The first kappa shape index (κ1) is 19.0. The lowest BCUT2D eigenvalue weighted by molar-refractivity contribution is 0.0955. The SMILES string of the molecule is O=C(N/N=C/c1cccc(OCc2ccc(Cl)cc2)c1)c1cccc(Cl)c1. The number of nitrogens with zero attached hydrogens (tertiary/aromatic N) is 1. The number of hydrazone groups is 1. The third-order valence-electron chi connectivity index (χ3n) is 3.64. The van der Waals surface area contributed by atoms with Crippen LogP contribution in [0, 0.1) is 0 Å². The molecule has 3 aromatic carbocycles. The van der Waals surface area contributed by atoms with Crippen molar-refractivity contribution < 1.29 is 9.53 Å². The summed E-state index contributed by atoms with van der Waals surface area (Å²) < 4.78 is 5.78. The molecule has 0 saturated carbocycles. The van der Waals surface area contributed by atoms with Crippen LogP contribution in [0.2, 0.25) is 10.0 Å². The molecule has 0 aromatic heterocycles. The van der Waals surface area contributed by atoms with Crippen LogP contribution in [0.1, 0.15) is 21.5 Å². The maximum absolute atomic E-state index is 12.0. The van der Waals surface area contributed by atoms with Crippen LogP contribution in [-0.2, 0) is 6.61 Å². The van der Waals surface area contributed by atoms with Crippen molar-refractivity contribution in [2.24, 2.45) is 5.10 Å². The van der Waals surface area contributed by atoms with Crippen molar-refractivity contribution in [1.29, 1.82) is 0 Å². The van der Waals surface area contributed by atoms with E-state index in [-0.39, 0.29) is 5.91 Å². The Labute approximate surface area is 167 Å². The smallest absolute Gasteiger partial charge is 0.271 e. The molecule has 3 aromatic rings. The molecule has 27 heavy (non-hydrogen) atoms. The quantitative estimate of drug-likeness (QED) is 0.450. The Bertz CT molecular complexity index is 956. The van der Waals surface area contributed by atoms with E-state index in [0.717, 1.165) is 11.1 Å². The van der Waals surface area contributed by atoms with Crippen molar-refractivity contribution in [3.8, 4) is 5.75 Å². The van der Waals surface area contributed by atoms with Crippen LogP contribution < -0.4 is 10.2 Å². The van der Waals surface area contributed by atoms with E-state index >= 15 is 0 Å². The fourth-order valence-corrected chi connectivity index (χ4v) is 2.61. The van der Waals surface area contributed by atoms with E-state index in [0.29, 0.717) is 28.0 Å². The largest absolute Gasteiger partial charge is 0.489 e. The van der Waals surface area contributed by atoms with Crippen molar-refractivity contribution >= 4 is 35.3 Å². The molecule has 0 aliphatic heterocycles. The van der Waals surface area contributed by atoms with Crippen molar-refractivity contribution in [3.05, 3.63) is 99.5 Å². The second-order valence-electron chi connectivity index (χ2n) is 5.70. The summed E-state index contributed by atoms with van der Waals surface area (Å²) in [6.45, 7) is 0.434. The first-order valence-electron chi connectivity index (χ1n) is 8.16. The van der Waals surface area contributed by atoms with Crippen LogP contribution in [0.3, 0.4) is 0 Å². The molecule has 4 nitrogen and oxygen atoms in total. The lowest BCUT2D eigenvalue weighted by atomic mass is 10.2. The minimum absolute atomic E-state index is 0.330. The van der Waals surface area contributed by atoms with E-state index in [1.165, 1.54) is 0 Å². The number of nitrogens with one attached hydrogen (secondary N) is 1. The maximum atomic E-state index is 12.0. The summed E-state index contributed by atoms with van der Waals surface area (Å²) in [7, 11) is 0. The van der Waals surface area contributed by atoms with Gasteiger partial charge in [-0.15, -0.1) is 0 Å². The van der Waals surface area contributed by atoms with E-state index < -0.39 is 0 Å². The number of rotatable bonds is 6. The third kappa shape index (κ3) is 5.84. The summed E-state index contributed by atoms with van der Waals surface area (Å²) in [5.74, 6) is 0.374. The highest BCUT2D eigenvalue weighted by Crippen LogP contribution is 2.16. The zero-order valence-electron chi connectivity index (χ0n) is 14.2. The number of hydrogen-bond acceptors (Lipinski definition) is 3. The minimum atomic E-state index is -0.330. The summed E-state index contributed by atoms with van der Waals surface area (Å²) in [6.07, 6.45) is 1.55. The standard InChI is InChI=1S/C21H16Cl2N2O2/c22-18-9-7-15(8-10-18)14-27-20-6-1-3-16(11-20)13-24-25-21(26)17-4-2-5-19(23)12-17/h1-13H,14H2,(H,25,26)/b24-13+. The molecule has 0 fully saturated rings. The van der Waals surface area contributed by atoms with Gasteiger partial charge in [0.15, 0.2) is 0 Å². The van der Waals surface area contributed by atoms with Crippen LogP contribution >= 0.6 is 23.2 Å². The zero-order chi connectivity index (χ0) is 19.1. The van der Waals surface area contributed by atoms with Gasteiger partial charge in [-0.1, -0.05) is 53.5 Å². The molecule has 0 spiro atoms. The fraction of sp³-hybridized carbons (Fsp3) is 0.0476. The molecule has 0 aliphatic rings. The number of halogens is 2. The number of hydrogen-bond donors (Lipinski definition) is 1. The van der Waals surface area contributed by atoms with Crippen molar-refractivity contribution in [2.75, 3.05) is 0 Å². The predicted molar refractivity (Wildman–Crippen MR) is 109 cm³/mol. The van der Waals surface area contributed by atoms with Gasteiger partial charge in [0.05, 0.1) is 6.21 Å². The second-order valence-corrected chi connectivity index (χ2v) is 6.57. The molecular formula is C21H16Cl2N2O2.